The molecule has 2 nitrogen and oxygen atoms in total. The molecule has 5 aromatic carbocycles. The SMILES string of the molecule is Fc1ccc(-c2ccc3ccc4ccc(-c5cccc(-c6ccc7sc8ccccc8c7c6)c5)nc4c3n2)cc1. The highest BCUT2D eigenvalue weighted by Gasteiger charge is 2.11. The number of hydrogen-bond donors (Lipinski definition) is 0. The Morgan fingerprint density at radius 1 is 0.450 bits per heavy atom. The van der Waals surface area contributed by atoms with E-state index >= 15 is 0 Å². The van der Waals surface area contributed by atoms with Crippen LogP contribution in [0.25, 0.3) is 75.6 Å². The maximum atomic E-state index is 13.5. The fourth-order valence-corrected chi connectivity index (χ4v) is 6.56. The normalized spacial score (nSPS) is 11.6. The van der Waals surface area contributed by atoms with Crippen molar-refractivity contribution in [2.45, 2.75) is 0 Å². The van der Waals surface area contributed by atoms with E-state index in [-0.39, 0.29) is 5.82 Å². The standard InChI is InChI=1S/C36H21FN2S/c37-28-15-10-22(11-16-28)31-17-12-23-8-9-24-13-18-32(39-36(24)35(23)38-31)27-5-3-4-25(20-27)26-14-19-34-30(21-26)29-6-1-2-7-33(29)40-34/h1-21H. The molecule has 0 bridgehead atoms. The number of fused-ring (bicyclic) bond motifs is 6. The molecule has 0 fully saturated rings. The summed E-state index contributed by atoms with van der Waals surface area (Å²) in [7, 11) is 0. The molecule has 0 radical (unpaired) electrons. The molecule has 0 saturated carbocycles. The summed E-state index contributed by atoms with van der Waals surface area (Å²) in [5.41, 5.74) is 7.67. The van der Waals surface area contributed by atoms with Gasteiger partial charge in [0.1, 0.15) is 5.82 Å². The van der Waals surface area contributed by atoms with Gasteiger partial charge in [0, 0.05) is 42.1 Å². The molecule has 4 heteroatoms. The summed E-state index contributed by atoms with van der Waals surface area (Å²) in [5, 5.41) is 4.65. The second-order valence-corrected chi connectivity index (χ2v) is 11.1. The number of hydrogen-bond acceptors (Lipinski definition) is 3. The van der Waals surface area contributed by atoms with Crippen molar-refractivity contribution in [2.75, 3.05) is 0 Å². The number of aromatic nitrogens is 2. The molecule has 0 N–H and O–H groups in total. The molecule has 8 aromatic rings. The highest BCUT2D eigenvalue weighted by Crippen LogP contribution is 2.37. The van der Waals surface area contributed by atoms with Crippen LogP contribution in [0.15, 0.2) is 127 Å². The van der Waals surface area contributed by atoms with Crippen LogP contribution in [0.5, 0.6) is 0 Å². The third-order valence-electron chi connectivity index (χ3n) is 7.53. The monoisotopic (exact) mass is 532 g/mol. The van der Waals surface area contributed by atoms with Gasteiger partial charge in [0.05, 0.1) is 22.4 Å². The van der Waals surface area contributed by atoms with Gasteiger partial charge in [0.2, 0.25) is 0 Å². The van der Waals surface area contributed by atoms with Crippen LogP contribution in [0.2, 0.25) is 0 Å². The van der Waals surface area contributed by atoms with Gasteiger partial charge in [-0.2, -0.15) is 0 Å². The van der Waals surface area contributed by atoms with E-state index in [1.165, 1.54) is 37.9 Å². The first-order valence-electron chi connectivity index (χ1n) is 13.2. The first-order chi connectivity index (χ1) is 19.7. The highest BCUT2D eigenvalue weighted by atomic mass is 32.1. The van der Waals surface area contributed by atoms with Gasteiger partial charge in [-0.3, -0.25) is 0 Å². The number of benzene rings is 5. The lowest BCUT2D eigenvalue weighted by atomic mass is 9.99. The van der Waals surface area contributed by atoms with Crippen molar-refractivity contribution in [1.82, 2.24) is 9.97 Å². The molecule has 3 aromatic heterocycles. The van der Waals surface area contributed by atoms with Gasteiger partial charge in [-0.15, -0.1) is 11.3 Å². The van der Waals surface area contributed by atoms with Crippen LogP contribution in [0.3, 0.4) is 0 Å². The quantitative estimate of drug-likeness (QED) is 0.212. The predicted octanol–water partition coefficient (Wildman–Crippen LogP) is 10.3. The molecular formula is C36H21FN2S. The molecule has 0 amide bonds. The molecule has 0 aliphatic heterocycles. The van der Waals surface area contributed by atoms with Gasteiger partial charge in [0.15, 0.2) is 0 Å². The van der Waals surface area contributed by atoms with Gasteiger partial charge < -0.3 is 0 Å². The van der Waals surface area contributed by atoms with Crippen LogP contribution < -0.4 is 0 Å². The number of pyridine rings is 2. The molecular weight excluding hydrogens is 511 g/mol. The zero-order valence-electron chi connectivity index (χ0n) is 21.3. The summed E-state index contributed by atoms with van der Waals surface area (Å²) in [6.07, 6.45) is 0. The van der Waals surface area contributed by atoms with E-state index in [4.69, 9.17) is 9.97 Å². The Labute approximate surface area is 234 Å². The number of nitrogens with zero attached hydrogens (tertiary/aromatic N) is 2. The first kappa shape index (κ1) is 23.0. The van der Waals surface area contributed by atoms with Crippen LogP contribution in [-0.2, 0) is 0 Å². The molecule has 0 atom stereocenters. The van der Waals surface area contributed by atoms with Gasteiger partial charge in [-0.25, -0.2) is 14.4 Å². The summed E-state index contributed by atoms with van der Waals surface area (Å²) in [6, 6.07) is 42.7. The van der Waals surface area contributed by atoms with Gasteiger partial charge in [0.25, 0.3) is 0 Å². The molecule has 3 heterocycles. The minimum atomic E-state index is -0.257. The summed E-state index contributed by atoms with van der Waals surface area (Å²) >= 11 is 1.84. The smallest absolute Gasteiger partial charge is 0.123 e. The fraction of sp³-hybridized carbons (Fsp3) is 0. The Morgan fingerprint density at radius 3 is 1.82 bits per heavy atom. The molecule has 0 unspecified atom stereocenters. The fourth-order valence-electron chi connectivity index (χ4n) is 5.47. The molecule has 0 saturated heterocycles. The topological polar surface area (TPSA) is 25.8 Å². The van der Waals surface area contributed by atoms with Crippen molar-refractivity contribution < 1.29 is 4.39 Å². The number of rotatable bonds is 3. The Hall–Kier alpha value is -4.93. The molecule has 188 valence electrons. The molecule has 0 aliphatic carbocycles. The van der Waals surface area contributed by atoms with Gasteiger partial charge in [-0.1, -0.05) is 66.7 Å². The predicted molar refractivity (Wildman–Crippen MR) is 166 cm³/mol. The zero-order chi connectivity index (χ0) is 26.6. The van der Waals surface area contributed by atoms with Crippen LogP contribution in [-0.4, -0.2) is 9.97 Å². The lowest BCUT2D eigenvalue weighted by molar-refractivity contribution is 0.628. The Morgan fingerprint density at radius 2 is 1.05 bits per heavy atom. The zero-order valence-corrected chi connectivity index (χ0v) is 22.1. The van der Waals surface area contributed by atoms with Crippen molar-refractivity contribution in [2.24, 2.45) is 0 Å². The molecule has 0 aliphatic rings. The van der Waals surface area contributed by atoms with Gasteiger partial charge >= 0.3 is 0 Å². The summed E-state index contributed by atoms with van der Waals surface area (Å²) in [4.78, 5) is 10.1. The van der Waals surface area contributed by atoms with Crippen molar-refractivity contribution in [3.05, 3.63) is 133 Å². The van der Waals surface area contributed by atoms with E-state index in [1.54, 1.807) is 12.1 Å². The van der Waals surface area contributed by atoms with Crippen molar-refractivity contribution in [3.8, 4) is 33.6 Å². The first-order valence-corrected chi connectivity index (χ1v) is 14.0. The molecule has 0 spiro atoms. The molecule has 40 heavy (non-hydrogen) atoms. The minimum Gasteiger partial charge on any atom is -0.245 e. The Balaban J connectivity index is 1.24. The second kappa shape index (κ2) is 9.08. The lowest BCUT2D eigenvalue weighted by Gasteiger charge is -2.09. The van der Waals surface area contributed by atoms with E-state index in [1.807, 2.05) is 17.4 Å². The van der Waals surface area contributed by atoms with Gasteiger partial charge in [-0.05, 0) is 71.8 Å². The number of halogens is 1. The maximum absolute atomic E-state index is 13.5. The van der Waals surface area contributed by atoms with Crippen LogP contribution >= 0.6 is 11.3 Å². The molecule has 8 rings (SSSR count). The maximum Gasteiger partial charge on any atom is 0.123 e. The van der Waals surface area contributed by atoms with E-state index in [9.17, 15) is 4.39 Å². The number of thiophene rings is 1. The minimum absolute atomic E-state index is 0.257. The van der Waals surface area contributed by atoms with Crippen molar-refractivity contribution in [3.63, 3.8) is 0 Å². The van der Waals surface area contributed by atoms with Crippen LogP contribution in [0.4, 0.5) is 4.39 Å². The van der Waals surface area contributed by atoms with Crippen LogP contribution in [0, 0.1) is 5.82 Å². The average Bonchev–Trinajstić information content (AvgIpc) is 3.39. The third-order valence-corrected chi connectivity index (χ3v) is 8.68. The van der Waals surface area contributed by atoms with E-state index in [0.717, 1.165) is 49.9 Å². The third kappa shape index (κ3) is 3.84. The van der Waals surface area contributed by atoms with E-state index < -0.39 is 0 Å². The van der Waals surface area contributed by atoms with Crippen molar-refractivity contribution >= 4 is 53.3 Å². The summed E-state index contributed by atoms with van der Waals surface area (Å²) < 4.78 is 16.1. The van der Waals surface area contributed by atoms with Crippen LogP contribution in [0.1, 0.15) is 0 Å². The average molecular weight is 533 g/mol. The Kier molecular flexibility index (Phi) is 5.22. The summed E-state index contributed by atoms with van der Waals surface area (Å²) in [6.45, 7) is 0. The largest absolute Gasteiger partial charge is 0.245 e. The highest BCUT2D eigenvalue weighted by molar-refractivity contribution is 7.25. The lowest BCUT2D eigenvalue weighted by Crippen LogP contribution is -1.91. The van der Waals surface area contributed by atoms with E-state index in [0.29, 0.717) is 0 Å². The second-order valence-electron chi connectivity index (χ2n) is 10.00. The van der Waals surface area contributed by atoms with Crippen molar-refractivity contribution in [1.29, 1.82) is 0 Å². The summed E-state index contributed by atoms with van der Waals surface area (Å²) in [5.74, 6) is -0.257. The Bertz CT molecular complexity index is 2230. The van der Waals surface area contributed by atoms with E-state index in [2.05, 4.69) is 97.1 Å².